The monoisotopic (exact) mass is 258 g/mol. The van der Waals surface area contributed by atoms with Gasteiger partial charge in [0.05, 0.1) is 0 Å². The molecule has 0 heterocycles. The molecular weight excluding hydrogens is 240 g/mol. The second kappa shape index (κ2) is 8.59. The molecule has 0 amide bonds. The summed E-state index contributed by atoms with van der Waals surface area (Å²) in [5, 5.41) is 0. The molecule has 20 heavy (non-hydrogen) atoms. The summed E-state index contributed by atoms with van der Waals surface area (Å²) >= 11 is 0. The van der Waals surface area contributed by atoms with E-state index in [2.05, 4.69) is 35.8 Å². The predicted molar refractivity (Wildman–Crippen MR) is 86.2 cm³/mol. The highest BCUT2D eigenvalue weighted by Crippen LogP contribution is 2.01. The molecule has 0 aromatic heterocycles. The Bertz CT molecular complexity index is 618. The van der Waals surface area contributed by atoms with Crippen LogP contribution in [-0.2, 0) is 0 Å². The van der Waals surface area contributed by atoms with Crippen LogP contribution in [0.25, 0.3) is 6.08 Å². The Morgan fingerprint density at radius 2 is 1.55 bits per heavy atom. The van der Waals surface area contributed by atoms with Gasteiger partial charge in [-0.15, -0.1) is 5.73 Å². The van der Waals surface area contributed by atoms with E-state index in [9.17, 15) is 0 Å². The van der Waals surface area contributed by atoms with E-state index in [1.807, 2.05) is 54.6 Å². The fraction of sp³-hybridized carbons (Fsp3) is 0.150. The van der Waals surface area contributed by atoms with Crippen LogP contribution in [0.3, 0.4) is 0 Å². The zero-order valence-electron chi connectivity index (χ0n) is 11.5. The molecule has 98 valence electrons. The van der Waals surface area contributed by atoms with Crippen molar-refractivity contribution >= 4 is 6.08 Å². The third-order valence-corrected chi connectivity index (χ3v) is 2.82. The molecule has 0 N–H and O–H groups in total. The molecule has 0 saturated carbocycles. The lowest BCUT2D eigenvalue weighted by Crippen LogP contribution is -1.72. The minimum Gasteiger partial charge on any atom is -0.125 e. The van der Waals surface area contributed by atoms with E-state index >= 15 is 0 Å². The first-order valence-corrected chi connectivity index (χ1v) is 6.95. The third kappa shape index (κ3) is 5.44. The summed E-state index contributed by atoms with van der Waals surface area (Å²) in [5.74, 6) is 6.37. The minimum atomic E-state index is 0.929. The number of allylic oxidation sites excluding steroid dienone is 1. The van der Waals surface area contributed by atoms with Crippen LogP contribution in [0.5, 0.6) is 0 Å². The van der Waals surface area contributed by atoms with Crippen molar-refractivity contribution in [3.8, 4) is 11.8 Å². The molecule has 0 nitrogen and oxygen atoms in total. The molecule has 0 aliphatic heterocycles. The average molecular weight is 258 g/mol. The molecule has 0 spiro atoms. The Kier molecular flexibility index (Phi) is 5.99. The molecule has 0 fully saturated rings. The molecule has 2 aromatic rings. The number of unbranched alkanes of at least 4 members (excludes halogenated alkanes) is 2. The average Bonchev–Trinajstić information content (AvgIpc) is 2.52. The maximum absolute atomic E-state index is 3.21. The zero-order chi connectivity index (χ0) is 13.9. The zero-order valence-corrected chi connectivity index (χ0v) is 11.5. The highest BCUT2D eigenvalue weighted by Gasteiger charge is 1.83. The van der Waals surface area contributed by atoms with Crippen molar-refractivity contribution in [3.05, 3.63) is 83.6 Å². The summed E-state index contributed by atoms with van der Waals surface area (Å²) in [4.78, 5) is 0. The third-order valence-electron chi connectivity index (χ3n) is 2.82. The van der Waals surface area contributed by atoms with Gasteiger partial charge in [-0.05, 0) is 42.7 Å². The second-order valence-corrected chi connectivity index (χ2v) is 4.49. The van der Waals surface area contributed by atoms with Crippen molar-refractivity contribution in [2.75, 3.05) is 0 Å². The van der Waals surface area contributed by atoms with E-state index in [1.165, 1.54) is 5.56 Å². The molecular formula is C20H18. The summed E-state index contributed by atoms with van der Waals surface area (Å²) in [7, 11) is 0. The molecule has 0 unspecified atom stereocenters. The normalized spacial score (nSPS) is 9.00. The van der Waals surface area contributed by atoms with Gasteiger partial charge in [-0.25, -0.2) is 0 Å². The molecule has 0 heteroatoms. The van der Waals surface area contributed by atoms with Gasteiger partial charge in [0, 0.05) is 12.0 Å². The number of hydrogen-bond donors (Lipinski definition) is 0. The lowest BCUT2D eigenvalue weighted by molar-refractivity contribution is 0.886. The first-order valence-electron chi connectivity index (χ1n) is 6.95. The largest absolute Gasteiger partial charge is 0.125 e. The maximum Gasteiger partial charge on any atom is 0.0245 e. The van der Waals surface area contributed by atoms with Gasteiger partial charge in [0.2, 0.25) is 0 Å². The lowest BCUT2D eigenvalue weighted by Gasteiger charge is -1.88. The molecule has 0 aliphatic rings. The van der Waals surface area contributed by atoms with Crippen LogP contribution in [0.1, 0.15) is 30.4 Å². The van der Waals surface area contributed by atoms with Gasteiger partial charge in [-0.3, -0.25) is 0 Å². The van der Waals surface area contributed by atoms with Gasteiger partial charge >= 0.3 is 0 Å². The van der Waals surface area contributed by atoms with Crippen LogP contribution in [0.4, 0.5) is 0 Å². The predicted octanol–water partition coefficient (Wildman–Crippen LogP) is 5.08. The summed E-state index contributed by atoms with van der Waals surface area (Å²) in [5.41, 5.74) is 5.49. The van der Waals surface area contributed by atoms with Crippen LogP contribution >= 0.6 is 0 Å². The van der Waals surface area contributed by atoms with Gasteiger partial charge < -0.3 is 0 Å². The fourth-order valence-corrected chi connectivity index (χ4v) is 1.77. The number of rotatable bonds is 4. The van der Waals surface area contributed by atoms with Crippen molar-refractivity contribution in [2.45, 2.75) is 19.3 Å². The highest BCUT2D eigenvalue weighted by molar-refractivity contribution is 5.47. The van der Waals surface area contributed by atoms with Gasteiger partial charge in [-0.2, -0.15) is 0 Å². The quantitative estimate of drug-likeness (QED) is 0.408. The van der Waals surface area contributed by atoms with Crippen molar-refractivity contribution in [1.82, 2.24) is 0 Å². The Labute approximate surface area is 121 Å². The molecule has 0 aliphatic carbocycles. The Morgan fingerprint density at radius 3 is 2.30 bits per heavy atom. The van der Waals surface area contributed by atoms with Crippen LogP contribution < -0.4 is 0 Å². The summed E-state index contributed by atoms with van der Waals surface area (Å²) in [6, 6.07) is 20.4. The fourth-order valence-electron chi connectivity index (χ4n) is 1.77. The summed E-state index contributed by atoms with van der Waals surface area (Å²) in [6.45, 7) is 0. The van der Waals surface area contributed by atoms with Crippen molar-refractivity contribution in [1.29, 1.82) is 0 Å². The Hall–Kier alpha value is -2.48. The Balaban J connectivity index is 1.70. The lowest BCUT2D eigenvalue weighted by atomic mass is 10.2. The minimum absolute atomic E-state index is 0.929. The maximum atomic E-state index is 3.21. The van der Waals surface area contributed by atoms with E-state index in [-0.39, 0.29) is 0 Å². The van der Waals surface area contributed by atoms with Crippen molar-refractivity contribution in [3.63, 3.8) is 0 Å². The molecule has 2 aromatic carbocycles. The number of benzene rings is 2. The molecule has 0 radical (unpaired) electrons. The van der Waals surface area contributed by atoms with Gasteiger partial charge in [0.15, 0.2) is 0 Å². The van der Waals surface area contributed by atoms with E-state index < -0.39 is 0 Å². The second-order valence-electron chi connectivity index (χ2n) is 4.49. The van der Waals surface area contributed by atoms with E-state index in [4.69, 9.17) is 0 Å². The highest BCUT2D eigenvalue weighted by atomic mass is 13.9. The van der Waals surface area contributed by atoms with Gasteiger partial charge in [0.1, 0.15) is 0 Å². The van der Waals surface area contributed by atoms with Crippen LogP contribution in [0, 0.1) is 11.8 Å². The number of hydrogen-bond acceptors (Lipinski definition) is 0. The van der Waals surface area contributed by atoms with E-state index in [1.54, 1.807) is 0 Å². The standard InChI is InChI=1S/C20H18/c1(3-7-13-19-15-9-5-10-16-19)2-4-8-14-20-17-11-6-12-18-20/h3,5-6,9-13,15-18H,1-2,4H2. The van der Waals surface area contributed by atoms with Crippen LogP contribution in [0.15, 0.2) is 72.5 Å². The Morgan fingerprint density at radius 1 is 0.850 bits per heavy atom. The van der Waals surface area contributed by atoms with E-state index in [0.717, 1.165) is 24.8 Å². The smallest absolute Gasteiger partial charge is 0.0245 e. The molecule has 0 bridgehead atoms. The van der Waals surface area contributed by atoms with Crippen LogP contribution in [-0.4, -0.2) is 0 Å². The molecule has 0 saturated heterocycles. The van der Waals surface area contributed by atoms with E-state index in [0.29, 0.717) is 0 Å². The molecule has 0 atom stereocenters. The SMILES string of the molecule is C(=CCCCC#Cc1ccccc1)=Cc1ccccc1. The first-order chi connectivity index (χ1) is 9.95. The topological polar surface area (TPSA) is 0 Å². The summed E-state index contributed by atoms with van der Waals surface area (Å²) in [6.07, 6.45) is 7.12. The van der Waals surface area contributed by atoms with Crippen molar-refractivity contribution in [2.24, 2.45) is 0 Å². The molecule has 2 rings (SSSR count). The van der Waals surface area contributed by atoms with Crippen LogP contribution in [0.2, 0.25) is 0 Å². The first kappa shape index (κ1) is 13.9. The van der Waals surface area contributed by atoms with Gasteiger partial charge in [0.25, 0.3) is 0 Å². The van der Waals surface area contributed by atoms with Crippen molar-refractivity contribution < 1.29 is 0 Å². The van der Waals surface area contributed by atoms with Gasteiger partial charge in [-0.1, -0.05) is 60.4 Å². The summed E-state index contributed by atoms with van der Waals surface area (Å²) < 4.78 is 0.